The molecule has 0 N–H and O–H groups in total. The van der Waals surface area contributed by atoms with Gasteiger partial charge in [0.25, 0.3) is 0 Å². The molecule has 0 spiro atoms. The number of halogens is 2. The highest BCUT2D eigenvalue weighted by molar-refractivity contribution is 6.37. The normalized spacial score (nSPS) is 18.2. The summed E-state index contributed by atoms with van der Waals surface area (Å²) in [5, 5.41) is 8.49. The summed E-state index contributed by atoms with van der Waals surface area (Å²) in [5.41, 5.74) is 9.75. The van der Waals surface area contributed by atoms with E-state index in [2.05, 4.69) is 15.2 Å². The van der Waals surface area contributed by atoms with E-state index in [1.54, 1.807) is 18.2 Å². The van der Waals surface area contributed by atoms with Crippen molar-refractivity contribution in [3.05, 3.63) is 44.3 Å². The highest BCUT2D eigenvalue weighted by Crippen LogP contribution is 2.25. The fourth-order valence-electron chi connectivity index (χ4n) is 1.54. The monoisotopic (exact) mass is 270 g/mol. The third kappa shape index (κ3) is 2.82. The molecule has 1 aromatic rings. The van der Waals surface area contributed by atoms with Crippen molar-refractivity contribution in [2.45, 2.75) is 12.5 Å². The molecular formula is C10H8Cl2N4O. The summed E-state index contributed by atoms with van der Waals surface area (Å²) in [6.07, 6.45) is 0.355. The quantitative estimate of drug-likeness (QED) is 0.468. The number of hydrogen-bond acceptors (Lipinski definition) is 3. The van der Waals surface area contributed by atoms with E-state index in [1.165, 1.54) is 0 Å². The van der Waals surface area contributed by atoms with E-state index in [0.717, 1.165) is 11.3 Å². The van der Waals surface area contributed by atoms with Crippen LogP contribution >= 0.6 is 23.2 Å². The lowest BCUT2D eigenvalue weighted by Crippen LogP contribution is -2.11. The lowest BCUT2D eigenvalue weighted by Gasteiger charge is -2.04. The minimum atomic E-state index is -0.215. The van der Waals surface area contributed by atoms with E-state index in [1.807, 2.05) is 0 Å². The third-order valence-corrected chi connectivity index (χ3v) is 2.87. The molecular weight excluding hydrogens is 263 g/mol. The zero-order valence-corrected chi connectivity index (χ0v) is 10.2. The van der Waals surface area contributed by atoms with Crippen LogP contribution in [0.5, 0.6) is 0 Å². The van der Waals surface area contributed by atoms with E-state index >= 15 is 0 Å². The van der Waals surface area contributed by atoms with Gasteiger partial charge in [-0.25, -0.2) is 0 Å². The molecule has 1 unspecified atom stereocenters. The van der Waals surface area contributed by atoms with Gasteiger partial charge in [0.2, 0.25) is 0 Å². The van der Waals surface area contributed by atoms with Crippen molar-refractivity contribution in [1.29, 1.82) is 0 Å². The Kier molecular flexibility index (Phi) is 3.74. The molecule has 1 aromatic carbocycles. The number of oxime groups is 1. The maximum absolute atomic E-state index is 8.21. The Balaban J connectivity index is 2.12. The van der Waals surface area contributed by atoms with Gasteiger partial charge in [0.15, 0.2) is 0 Å². The molecule has 88 valence electrons. The molecule has 5 nitrogen and oxygen atoms in total. The van der Waals surface area contributed by atoms with Gasteiger partial charge >= 0.3 is 0 Å². The largest absolute Gasteiger partial charge is 0.392 e. The minimum absolute atomic E-state index is 0.215. The number of nitrogens with zero attached hydrogens (tertiary/aromatic N) is 4. The van der Waals surface area contributed by atoms with Gasteiger partial charge in [-0.3, -0.25) is 0 Å². The van der Waals surface area contributed by atoms with E-state index in [0.29, 0.717) is 16.5 Å². The average Bonchev–Trinajstić information content (AvgIpc) is 2.75. The first-order chi connectivity index (χ1) is 8.20. The zero-order chi connectivity index (χ0) is 12.3. The Morgan fingerprint density at radius 2 is 2.35 bits per heavy atom. The first-order valence-electron chi connectivity index (χ1n) is 4.89. The fourth-order valence-corrected chi connectivity index (χ4v) is 2.05. The topological polar surface area (TPSA) is 70.4 Å². The van der Waals surface area contributed by atoms with Gasteiger partial charge in [0.1, 0.15) is 6.10 Å². The van der Waals surface area contributed by atoms with E-state index in [4.69, 9.17) is 33.6 Å². The number of hydrogen-bond donors (Lipinski definition) is 0. The van der Waals surface area contributed by atoms with Crippen molar-refractivity contribution in [2.24, 2.45) is 10.3 Å². The van der Waals surface area contributed by atoms with Gasteiger partial charge in [-0.2, -0.15) is 0 Å². The second-order valence-corrected chi connectivity index (χ2v) is 4.35. The molecule has 0 amide bonds. The second-order valence-electron chi connectivity index (χ2n) is 3.51. The molecule has 0 bridgehead atoms. The molecule has 1 aliphatic heterocycles. The average molecular weight is 271 g/mol. The van der Waals surface area contributed by atoms with Crippen molar-refractivity contribution < 1.29 is 4.84 Å². The molecule has 0 saturated heterocycles. The van der Waals surface area contributed by atoms with Crippen molar-refractivity contribution in [3.8, 4) is 0 Å². The summed E-state index contributed by atoms with van der Waals surface area (Å²) in [4.78, 5) is 7.82. The van der Waals surface area contributed by atoms with Gasteiger partial charge in [-0.1, -0.05) is 39.5 Å². The number of rotatable bonds is 3. The lowest BCUT2D eigenvalue weighted by atomic mass is 10.1. The van der Waals surface area contributed by atoms with Crippen molar-refractivity contribution in [1.82, 2.24) is 0 Å². The first-order valence-corrected chi connectivity index (χ1v) is 5.65. The Bertz CT molecular complexity index is 511. The smallest absolute Gasteiger partial charge is 0.138 e. The number of benzene rings is 1. The Hall–Kier alpha value is -1.42. The first kappa shape index (κ1) is 12.0. The van der Waals surface area contributed by atoms with Crippen LogP contribution in [0.2, 0.25) is 10.0 Å². The Morgan fingerprint density at radius 1 is 1.53 bits per heavy atom. The SMILES string of the molecule is [N-]=[N+]=NCC1CC(c2ccc(Cl)cc2Cl)=NO1. The predicted octanol–water partition coefficient (Wildman–Crippen LogP) is 3.80. The molecule has 17 heavy (non-hydrogen) atoms. The summed E-state index contributed by atoms with van der Waals surface area (Å²) in [7, 11) is 0. The third-order valence-electron chi connectivity index (χ3n) is 2.32. The minimum Gasteiger partial charge on any atom is -0.392 e. The van der Waals surface area contributed by atoms with Gasteiger partial charge in [-0.15, -0.1) is 0 Å². The van der Waals surface area contributed by atoms with E-state index < -0.39 is 0 Å². The summed E-state index contributed by atoms with van der Waals surface area (Å²) >= 11 is 11.9. The Morgan fingerprint density at radius 3 is 3.06 bits per heavy atom. The van der Waals surface area contributed by atoms with Crippen molar-refractivity contribution >= 4 is 28.9 Å². The van der Waals surface area contributed by atoms with Crippen LogP contribution in [0.25, 0.3) is 10.4 Å². The highest BCUT2D eigenvalue weighted by atomic mass is 35.5. The van der Waals surface area contributed by atoms with Crippen LogP contribution in [0.1, 0.15) is 12.0 Å². The van der Waals surface area contributed by atoms with Crippen LogP contribution in [0.3, 0.4) is 0 Å². The van der Waals surface area contributed by atoms with Gasteiger partial charge in [0, 0.05) is 21.9 Å². The van der Waals surface area contributed by atoms with Crippen molar-refractivity contribution in [3.63, 3.8) is 0 Å². The molecule has 0 radical (unpaired) electrons. The molecule has 0 fully saturated rings. The maximum Gasteiger partial charge on any atom is 0.138 e. The predicted molar refractivity (Wildman–Crippen MR) is 66.5 cm³/mol. The molecule has 0 saturated carbocycles. The van der Waals surface area contributed by atoms with Gasteiger partial charge in [-0.05, 0) is 17.7 Å². The van der Waals surface area contributed by atoms with E-state index in [-0.39, 0.29) is 12.6 Å². The number of azide groups is 1. The molecule has 7 heteroatoms. The van der Waals surface area contributed by atoms with Crippen LogP contribution in [0.4, 0.5) is 0 Å². The molecule has 1 heterocycles. The summed E-state index contributed by atoms with van der Waals surface area (Å²) in [5.74, 6) is 0. The molecule has 0 aliphatic carbocycles. The zero-order valence-electron chi connectivity index (χ0n) is 8.68. The molecule has 2 rings (SSSR count). The van der Waals surface area contributed by atoms with Gasteiger partial charge in [0.05, 0.1) is 17.3 Å². The maximum atomic E-state index is 8.21. The van der Waals surface area contributed by atoms with Crippen LogP contribution in [0, 0.1) is 0 Å². The van der Waals surface area contributed by atoms with E-state index in [9.17, 15) is 0 Å². The van der Waals surface area contributed by atoms with Crippen LogP contribution in [0.15, 0.2) is 28.5 Å². The van der Waals surface area contributed by atoms with Crippen LogP contribution in [-0.4, -0.2) is 18.4 Å². The lowest BCUT2D eigenvalue weighted by molar-refractivity contribution is 0.0919. The standard InChI is InChI=1S/C10H8Cl2N4O/c11-6-1-2-8(9(12)3-6)10-4-7(17-15-10)5-14-16-13/h1-3,7H,4-5H2. The Labute approximate surface area is 108 Å². The fraction of sp³-hybridized carbons (Fsp3) is 0.300. The highest BCUT2D eigenvalue weighted by Gasteiger charge is 2.22. The van der Waals surface area contributed by atoms with Crippen molar-refractivity contribution in [2.75, 3.05) is 6.54 Å². The van der Waals surface area contributed by atoms with Crippen LogP contribution in [-0.2, 0) is 4.84 Å². The molecule has 0 aromatic heterocycles. The molecule has 1 atom stereocenters. The summed E-state index contributed by atoms with van der Waals surface area (Å²) in [6.45, 7) is 0.259. The summed E-state index contributed by atoms with van der Waals surface area (Å²) in [6, 6.07) is 5.19. The van der Waals surface area contributed by atoms with Gasteiger partial charge < -0.3 is 4.84 Å². The summed E-state index contributed by atoms with van der Waals surface area (Å²) < 4.78 is 0. The molecule has 1 aliphatic rings. The second kappa shape index (κ2) is 5.27. The van der Waals surface area contributed by atoms with Crippen LogP contribution < -0.4 is 0 Å².